The molecule has 3 aromatic rings. The number of aromatic nitrogens is 2. The highest BCUT2D eigenvalue weighted by Crippen LogP contribution is 2.38. The summed E-state index contributed by atoms with van der Waals surface area (Å²) < 4.78 is 8.20. The van der Waals surface area contributed by atoms with Gasteiger partial charge >= 0.3 is 6.09 Å². The fraction of sp³-hybridized carbons (Fsp3) is 0.464. The van der Waals surface area contributed by atoms with E-state index in [1.165, 1.54) is 12.2 Å². The average Bonchev–Trinajstić information content (AvgIpc) is 3.66. The van der Waals surface area contributed by atoms with E-state index in [1.54, 1.807) is 23.4 Å². The maximum absolute atomic E-state index is 13.8. The van der Waals surface area contributed by atoms with Crippen LogP contribution < -0.4 is 5.32 Å². The SMILES string of the molecule is CON(C(=O)c1cn2c(CN3CCN(C(=O)OC(C)(C)C)CC3)cnc2c(Cl)c1Nc1ccc(Br)cc1Cl)C1CC1. The van der Waals surface area contributed by atoms with E-state index < -0.39 is 5.60 Å². The molecule has 0 radical (unpaired) electrons. The molecule has 5 rings (SSSR count). The molecule has 2 aromatic heterocycles. The Balaban J connectivity index is 1.43. The fourth-order valence-electron chi connectivity index (χ4n) is 4.72. The number of carbonyl (C=O) groups is 2. The van der Waals surface area contributed by atoms with Crippen molar-refractivity contribution in [2.45, 2.75) is 51.8 Å². The molecule has 0 spiro atoms. The molecule has 1 aromatic carbocycles. The maximum atomic E-state index is 13.8. The molecular weight excluding hydrogens is 635 g/mol. The predicted octanol–water partition coefficient (Wildman–Crippen LogP) is 6.37. The van der Waals surface area contributed by atoms with E-state index in [0.29, 0.717) is 65.4 Å². The number of piperazine rings is 1. The van der Waals surface area contributed by atoms with Crippen molar-refractivity contribution in [3.63, 3.8) is 0 Å². The van der Waals surface area contributed by atoms with E-state index in [4.69, 9.17) is 32.8 Å². The Labute approximate surface area is 257 Å². The molecule has 1 saturated carbocycles. The minimum atomic E-state index is -0.534. The van der Waals surface area contributed by atoms with Gasteiger partial charge in [-0.15, -0.1) is 0 Å². The van der Waals surface area contributed by atoms with E-state index >= 15 is 0 Å². The molecule has 1 saturated heterocycles. The Morgan fingerprint density at radius 1 is 1.17 bits per heavy atom. The van der Waals surface area contributed by atoms with Crippen LogP contribution in [0.1, 0.15) is 49.7 Å². The molecule has 2 fully saturated rings. The largest absolute Gasteiger partial charge is 0.444 e. The summed E-state index contributed by atoms with van der Waals surface area (Å²) in [5.74, 6) is -0.305. The lowest BCUT2D eigenvalue weighted by molar-refractivity contribution is -0.101. The number of hydroxylamine groups is 2. The number of ether oxygens (including phenoxy) is 1. The highest BCUT2D eigenvalue weighted by molar-refractivity contribution is 9.10. The normalized spacial score (nSPS) is 16.2. The van der Waals surface area contributed by atoms with Crippen LogP contribution in [0.15, 0.2) is 35.1 Å². The summed E-state index contributed by atoms with van der Waals surface area (Å²) in [6, 6.07) is 5.45. The van der Waals surface area contributed by atoms with Gasteiger partial charge in [0.05, 0.1) is 47.0 Å². The van der Waals surface area contributed by atoms with Gasteiger partial charge < -0.3 is 19.4 Å². The van der Waals surface area contributed by atoms with Crippen LogP contribution in [0, 0.1) is 0 Å². The quantitative estimate of drug-likeness (QED) is 0.293. The number of halogens is 3. The minimum Gasteiger partial charge on any atom is -0.444 e. The van der Waals surface area contributed by atoms with Crippen molar-refractivity contribution in [3.8, 4) is 0 Å². The molecular formula is C28H33BrCl2N6O4. The zero-order chi connectivity index (χ0) is 29.5. The van der Waals surface area contributed by atoms with Gasteiger partial charge in [0, 0.05) is 43.4 Å². The van der Waals surface area contributed by atoms with Crippen LogP contribution in [0.3, 0.4) is 0 Å². The summed E-state index contributed by atoms with van der Waals surface area (Å²) in [4.78, 5) is 40.3. The summed E-state index contributed by atoms with van der Waals surface area (Å²) in [7, 11) is 1.49. The first-order chi connectivity index (χ1) is 19.4. The predicted molar refractivity (Wildman–Crippen MR) is 162 cm³/mol. The number of nitrogens with zero attached hydrogens (tertiary/aromatic N) is 5. The van der Waals surface area contributed by atoms with Crippen molar-refractivity contribution in [1.29, 1.82) is 0 Å². The Kier molecular flexibility index (Phi) is 8.73. The lowest BCUT2D eigenvalue weighted by Gasteiger charge is -2.35. The number of imidazole rings is 1. The molecule has 220 valence electrons. The van der Waals surface area contributed by atoms with Gasteiger partial charge in [-0.2, -0.15) is 0 Å². The Bertz CT molecular complexity index is 1460. The van der Waals surface area contributed by atoms with Gasteiger partial charge in [-0.05, 0) is 51.8 Å². The number of nitrogens with one attached hydrogen (secondary N) is 1. The van der Waals surface area contributed by atoms with Crippen molar-refractivity contribution in [3.05, 3.63) is 56.4 Å². The van der Waals surface area contributed by atoms with Crippen LogP contribution in [-0.4, -0.2) is 81.2 Å². The summed E-state index contributed by atoms with van der Waals surface area (Å²) in [5.41, 5.74) is 2.18. The molecule has 2 aliphatic rings. The van der Waals surface area contributed by atoms with Gasteiger partial charge in [0.1, 0.15) is 10.6 Å². The molecule has 0 unspecified atom stereocenters. The summed E-state index contributed by atoms with van der Waals surface area (Å²) in [5, 5.41) is 5.43. The third-order valence-electron chi connectivity index (χ3n) is 6.92. The number of amides is 2. The van der Waals surface area contributed by atoms with Gasteiger partial charge in [0.25, 0.3) is 5.91 Å². The second-order valence-electron chi connectivity index (χ2n) is 11.2. The van der Waals surface area contributed by atoms with Crippen LogP contribution >= 0.6 is 39.1 Å². The number of benzene rings is 1. The topological polar surface area (TPSA) is 91.7 Å². The maximum Gasteiger partial charge on any atom is 0.410 e. The summed E-state index contributed by atoms with van der Waals surface area (Å²) in [6.07, 6.45) is 4.98. The average molecular weight is 668 g/mol. The molecule has 3 heterocycles. The molecule has 1 N–H and O–H groups in total. The number of rotatable bonds is 7. The number of carbonyl (C=O) groups excluding carboxylic acids is 2. The highest BCUT2D eigenvalue weighted by atomic mass is 79.9. The van der Waals surface area contributed by atoms with Gasteiger partial charge in [-0.3, -0.25) is 14.5 Å². The van der Waals surface area contributed by atoms with E-state index in [2.05, 4.69) is 31.1 Å². The third-order valence-corrected chi connectivity index (χ3v) is 8.09. The molecule has 13 heteroatoms. The monoisotopic (exact) mass is 666 g/mol. The first kappa shape index (κ1) is 29.9. The van der Waals surface area contributed by atoms with E-state index in [0.717, 1.165) is 23.0 Å². The number of pyridine rings is 1. The highest BCUT2D eigenvalue weighted by Gasteiger charge is 2.36. The second kappa shape index (κ2) is 12.0. The molecule has 2 amide bonds. The molecule has 41 heavy (non-hydrogen) atoms. The van der Waals surface area contributed by atoms with Crippen LogP contribution in [-0.2, 0) is 16.1 Å². The first-order valence-electron chi connectivity index (χ1n) is 13.4. The molecule has 0 atom stereocenters. The van der Waals surface area contributed by atoms with Crippen LogP contribution in [0.25, 0.3) is 5.65 Å². The van der Waals surface area contributed by atoms with Crippen LogP contribution in [0.2, 0.25) is 10.0 Å². The van der Waals surface area contributed by atoms with Crippen molar-refractivity contribution in [1.82, 2.24) is 24.2 Å². The van der Waals surface area contributed by atoms with Crippen LogP contribution in [0.5, 0.6) is 0 Å². The number of fused-ring (bicyclic) bond motifs is 1. The number of hydrogen-bond donors (Lipinski definition) is 1. The standard InChI is InChI=1S/C28H33BrCl2N6O4/c1-28(2,3)41-27(39)35-11-9-34(10-12-35)15-19-14-32-25-23(31)24(33-22-8-5-17(29)13-21(22)30)20(16-36(19)25)26(38)37(40-4)18-6-7-18/h5,8,13-14,16,18,33H,6-7,9-12,15H2,1-4H3. The minimum absolute atomic E-state index is 0.0228. The van der Waals surface area contributed by atoms with E-state index in [1.807, 2.05) is 37.3 Å². The van der Waals surface area contributed by atoms with Gasteiger partial charge in [-0.25, -0.2) is 14.8 Å². The Morgan fingerprint density at radius 3 is 2.49 bits per heavy atom. The van der Waals surface area contributed by atoms with E-state index in [-0.39, 0.29) is 18.0 Å². The summed E-state index contributed by atoms with van der Waals surface area (Å²) in [6.45, 7) is 8.61. The van der Waals surface area contributed by atoms with Crippen molar-refractivity contribution in [2.75, 3.05) is 38.6 Å². The lowest BCUT2D eigenvalue weighted by atomic mass is 10.2. The van der Waals surface area contributed by atoms with E-state index in [9.17, 15) is 9.59 Å². The van der Waals surface area contributed by atoms with Gasteiger partial charge in [-0.1, -0.05) is 39.1 Å². The number of hydrogen-bond acceptors (Lipinski definition) is 7. The Hall–Kier alpha value is -2.57. The first-order valence-corrected chi connectivity index (χ1v) is 15.0. The van der Waals surface area contributed by atoms with Crippen molar-refractivity contribution >= 4 is 68.2 Å². The molecule has 10 nitrogen and oxygen atoms in total. The zero-order valence-corrected chi connectivity index (χ0v) is 26.5. The molecule has 1 aliphatic heterocycles. The lowest BCUT2D eigenvalue weighted by Crippen LogP contribution is -2.49. The zero-order valence-electron chi connectivity index (χ0n) is 23.4. The van der Waals surface area contributed by atoms with Gasteiger partial charge in [0.15, 0.2) is 5.65 Å². The molecule has 1 aliphatic carbocycles. The Morgan fingerprint density at radius 2 is 1.88 bits per heavy atom. The molecule has 0 bridgehead atoms. The van der Waals surface area contributed by atoms with Crippen molar-refractivity contribution < 1.29 is 19.2 Å². The third kappa shape index (κ3) is 6.75. The summed E-state index contributed by atoms with van der Waals surface area (Å²) >= 11 is 16.9. The van der Waals surface area contributed by atoms with Gasteiger partial charge in [0.2, 0.25) is 0 Å². The fourth-order valence-corrected chi connectivity index (χ4v) is 5.73. The smallest absolute Gasteiger partial charge is 0.410 e. The van der Waals surface area contributed by atoms with Crippen molar-refractivity contribution in [2.24, 2.45) is 0 Å². The van der Waals surface area contributed by atoms with Crippen LogP contribution in [0.4, 0.5) is 16.2 Å². The second-order valence-corrected chi connectivity index (χ2v) is 12.9. The number of anilines is 2.